The summed E-state index contributed by atoms with van der Waals surface area (Å²) >= 11 is 0. The highest BCUT2D eigenvalue weighted by Crippen LogP contribution is 2.19. The van der Waals surface area contributed by atoms with E-state index in [9.17, 15) is 0 Å². The maximum Gasteiger partial charge on any atom is 0.0370 e. The van der Waals surface area contributed by atoms with E-state index in [1.165, 1.54) is 16.8 Å². The van der Waals surface area contributed by atoms with Gasteiger partial charge >= 0.3 is 0 Å². The smallest absolute Gasteiger partial charge is 0.0370 e. The van der Waals surface area contributed by atoms with E-state index in [0.717, 1.165) is 19.6 Å². The maximum atomic E-state index is 3.47. The molecular formula is C13H20N2. The average Bonchev–Trinajstić information content (AvgIpc) is 2.22. The monoisotopic (exact) mass is 204 g/mol. The predicted octanol–water partition coefficient (Wildman–Crippen LogP) is 2.10. The number of aryl methyl sites for hydroxylation is 2. The molecule has 2 nitrogen and oxygen atoms in total. The van der Waals surface area contributed by atoms with Crippen molar-refractivity contribution in [2.24, 2.45) is 0 Å². The number of rotatable bonds is 1. The molecule has 1 heterocycles. The fourth-order valence-electron chi connectivity index (χ4n) is 2.09. The summed E-state index contributed by atoms with van der Waals surface area (Å²) in [6.07, 6.45) is 0. The van der Waals surface area contributed by atoms with E-state index in [-0.39, 0.29) is 0 Å². The molecule has 0 unspecified atom stereocenters. The third-order valence-electron chi connectivity index (χ3n) is 3.22. The molecule has 0 radical (unpaired) electrons. The molecule has 2 heteroatoms. The highest BCUT2D eigenvalue weighted by Gasteiger charge is 2.15. The number of nitrogens with one attached hydrogen (secondary N) is 1. The van der Waals surface area contributed by atoms with Crippen LogP contribution in [0.3, 0.4) is 0 Å². The standard InChI is InChI=1S/C13H20N2/c1-10-4-5-13(8-11(10)2)15-7-6-14-12(3)9-15/h4-5,8,12,14H,6-7,9H2,1-3H3/t12-/m0/s1. The van der Waals surface area contributed by atoms with Crippen LogP contribution in [0.15, 0.2) is 18.2 Å². The van der Waals surface area contributed by atoms with E-state index in [1.807, 2.05) is 0 Å². The van der Waals surface area contributed by atoms with Crippen molar-refractivity contribution in [3.63, 3.8) is 0 Å². The van der Waals surface area contributed by atoms with Gasteiger partial charge in [0, 0.05) is 31.4 Å². The third kappa shape index (κ3) is 2.32. The van der Waals surface area contributed by atoms with Crippen LogP contribution < -0.4 is 10.2 Å². The SMILES string of the molecule is Cc1ccc(N2CCN[C@@H](C)C2)cc1C. The van der Waals surface area contributed by atoms with Gasteiger partial charge < -0.3 is 10.2 Å². The zero-order valence-corrected chi connectivity index (χ0v) is 9.88. The Morgan fingerprint density at radius 2 is 2.07 bits per heavy atom. The van der Waals surface area contributed by atoms with Gasteiger partial charge in [0.25, 0.3) is 0 Å². The number of nitrogens with zero attached hydrogens (tertiary/aromatic N) is 1. The fraction of sp³-hybridized carbons (Fsp3) is 0.538. The molecule has 82 valence electrons. The Labute approximate surface area is 92.3 Å². The summed E-state index contributed by atoms with van der Waals surface area (Å²) in [5.41, 5.74) is 4.13. The first-order valence-electron chi connectivity index (χ1n) is 5.72. The Hall–Kier alpha value is -1.02. The van der Waals surface area contributed by atoms with Crippen molar-refractivity contribution in [2.45, 2.75) is 26.8 Å². The van der Waals surface area contributed by atoms with Gasteiger partial charge in [0.1, 0.15) is 0 Å². The van der Waals surface area contributed by atoms with Gasteiger partial charge in [-0.05, 0) is 44.0 Å². The van der Waals surface area contributed by atoms with E-state index in [4.69, 9.17) is 0 Å². The average molecular weight is 204 g/mol. The van der Waals surface area contributed by atoms with E-state index in [2.05, 4.69) is 49.2 Å². The Kier molecular flexibility index (Phi) is 2.96. The molecular weight excluding hydrogens is 184 g/mol. The molecule has 1 fully saturated rings. The molecule has 0 saturated carbocycles. The van der Waals surface area contributed by atoms with Gasteiger partial charge in [-0.1, -0.05) is 6.07 Å². The van der Waals surface area contributed by atoms with E-state index in [1.54, 1.807) is 0 Å². The van der Waals surface area contributed by atoms with Crippen LogP contribution in [-0.4, -0.2) is 25.7 Å². The Morgan fingerprint density at radius 1 is 1.27 bits per heavy atom. The summed E-state index contributed by atoms with van der Waals surface area (Å²) in [4.78, 5) is 2.47. The van der Waals surface area contributed by atoms with Gasteiger partial charge in [-0.25, -0.2) is 0 Å². The summed E-state index contributed by atoms with van der Waals surface area (Å²) in [5, 5.41) is 3.47. The first-order valence-corrected chi connectivity index (χ1v) is 5.72. The summed E-state index contributed by atoms with van der Waals surface area (Å²) in [5.74, 6) is 0. The second-order valence-electron chi connectivity index (χ2n) is 4.57. The van der Waals surface area contributed by atoms with Gasteiger partial charge in [-0.3, -0.25) is 0 Å². The molecule has 0 aliphatic carbocycles. The lowest BCUT2D eigenvalue weighted by atomic mass is 10.1. The predicted molar refractivity (Wildman–Crippen MR) is 65.6 cm³/mol. The van der Waals surface area contributed by atoms with Crippen LogP contribution >= 0.6 is 0 Å². The Morgan fingerprint density at radius 3 is 2.73 bits per heavy atom. The van der Waals surface area contributed by atoms with E-state index < -0.39 is 0 Å². The molecule has 15 heavy (non-hydrogen) atoms. The highest BCUT2D eigenvalue weighted by atomic mass is 15.2. The quantitative estimate of drug-likeness (QED) is 0.753. The second-order valence-corrected chi connectivity index (χ2v) is 4.57. The topological polar surface area (TPSA) is 15.3 Å². The third-order valence-corrected chi connectivity index (χ3v) is 3.22. The molecule has 1 atom stereocenters. The summed E-state index contributed by atoms with van der Waals surface area (Å²) in [6.45, 7) is 9.92. The number of hydrogen-bond acceptors (Lipinski definition) is 2. The lowest BCUT2D eigenvalue weighted by molar-refractivity contribution is 0.485. The summed E-state index contributed by atoms with van der Waals surface area (Å²) in [6, 6.07) is 7.35. The van der Waals surface area contributed by atoms with E-state index >= 15 is 0 Å². The molecule has 1 aromatic carbocycles. The summed E-state index contributed by atoms with van der Waals surface area (Å²) < 4.78 is 0. The van der Waals surface area contributed by atoms with Crippen LogP contribution in [0.1, 0.15) is 18.1 Å². The fourth-order valence-corrected chi connectivity index (χ4v) is 2.09. The number of benzene rings is 1. The van der Waals surface area contributed by atoms with Crippen LogP contribution in [0.25, 0.3) is 0 Å². The van der Waals surface area contributed by atoms with Crippen molar-refractivity contribution in [2.75, 3.05) is 24.5 Å². The molecule has 1 aromatic rings. The first kappa shape index (κ1) is 10.5. The van der Waals surface area contributed by atoms with Crippen molar-refractivity contribution < 1.29 is 0 Å². The first-order chi connectivity index (χ1) is 7.16. The molecule has 1 N–H and O–H groups in total. The molecule has 0 aromatic heterocycles. The Balaban J connectivity index is 2.18. The second kappa shape index (κ2) is 4.23. The van der Waals surface area contributed by atoms with Crippen LogP contribution in [0.4, 0.5) is 5.69 Å². The molecule has 1 aliphatic heterocycles. The zero-order valence-electron chi connectivity index (χ0n) is 9.88. The molecule has 1 aliphatic rings. The van der Waals surface area contributed by atoms with Crippen LogP contribution in [0.5, 0.6) is 0 Å². The van der Waals surface area contributed by atoms with Gasteiger partial charge in [0.15, 0.2) is 0 Å². The minimum absolute atomic E-state index is 0.598. The van der Waals surface area contributed by atoms with Crippen molar-refractivity contribution in [1.29, 1.82) is 0 Å². The number of hydrogen-bond donors (Lipinski definition) is 1. The van der Waals surface area contributed by atoms with Crippen molar-refractivity contribution in [3.05, 3.63) is 29.3 Å². The van der Waals surface area contributed by atoms with Gasteiger partial charge in [0.05, 0.1) is 0 Å². The Bertz CT molecular complexity index is 346. The van der Waals surface area contributed by atoms with Crippen LogP contribution in [-0.2, 0) is 0 Å². The maximum absolute atomic E-state index is 3.47. The molecule has 0 bridgehead atoms. The minimum atomic E-state index is 0.598. The molecule has 0 spiro atoms. The van der Waals surface area contributed by atoms with Crippen LogP contribution in [0.2, 0.25) is 0 Å². The number of anilines is 1. The highest BCUT2D eigenvalue weighted by molar-refractivity contribution is 5.51. The van der Waals surface area contributed by atoms with E-state index in [0.29, 0.717) is 6.04 Å². The lowest BCUT2D eigenvalue weighted by Crippen LogP contribution is -2.49. The summed E-state index contributed by atoms with van der Waals surface area (Å²) in [7, 11) is 0. The van der Waals surface area contributed by atoms with Crippen molar-refractivity contribution in [3.8, 4) is 0 Å². The largest absolute Gasteiger partial charge is 0.369 e. The normalized spacial score (nSPS) is 21.8. The molecule has 2 rings (SSSR count). The molecule has 1 saturated heterocycles. The van der Waals surface area contributed by atoms with Crippen LogP contribution in [0, 0.1) is 13.8 Å². The lowest BCUT2D eigenvalue weighted by Gasteiger charge is -2.34. The molecule has 0 amide bonds. The minimum Gasteiger partial charge on any atom is -0.369 e. The van der Waals surface area contributed by atoms with Gasteiger partial charge in [-0.2, -0.15) is 0 Å². The van der Waals surface area contributed by atoms with Gasteiger partial charge in [0.2, 0.25) is 0 Å². The zero-order chi connectivity index (χ0) is 10.8. The van der Waals surface area contributed by atoms with Crippen molar-refractivity contribution >= 4 is 5.69 Å². The van der Waals surface area contributed by atoms with Crippen molar-refractivity contribution in [1.82, 2.24) is 5.32 Å². The van der Waals surface area contributed by atoms with Gasteiger partial charge in [-0.15, -0.1) is 0 Å². The number of piperazine rings is 1.